The molecule has 0 bridgehead atoms. The second-order valence-corrected chi connectivity index (χ2v) is 6.00. The van der Waals surface area contributed by atoms with E-state index in [-0.39, 0.29) is 5.82 Å². The zero-order valence-electron chi connectivity index (χ0n) is 10.3. The van der Waals surface area contributed by atoms with Crippen molar-refractivity contribution in [3.05, 3.63) is 62.8 Å². The van der Waals surface area contributed by atoms with Gasteiger partial charge >= 0.3 is 0 Å². The lowest BCUT2D eigenvalue weighted by Gasteiger charge is -2.30. The molecule has 0 aliphatic carbocycles. The van der Waals surface area contributed by atoms with Crippen LogP contribution in [0.5, 0.6) is 5.75 Å². The third kappa shape index (κ3) is 2.55. The third-order valence-corrected chi connectivity index (χ3v) is 4.30. The Bertz CT molecular complexity index is 662. The maximum absolute atomic E-state index is 13.4. The number of halogens is 3. The molecule has 5 heteroatoms. The minimum Gasteiger partial charge on any atom is -0.485 e. The number of hydrogen-bond donors (Lipinski definition) is 1. The Morgan fingerprint density at radius 2 is 2.00 bits per heavy atom. The van der Waals surface area contributed by atoms with Gasteiger partial charge in [0, 0.05) is 27.0 Å². The van der Waals surface area contributed by atoms with E-state index in [0.717, 1.165) is 4.47 Å². The van der Waals surface area contributed by atoms with E-state index in [1.165, 1.54) is 12.1 Å². The maximum atomic E-state index is 13.4. The fourth-order valence-electron chi connectivity index (χ4n) is 2.37. The summed E-state index contributed by atoms with van der Waals surface area (Å²) in [6, 6.07) is 9.55. The van der Waals surface area contributed by atoms with Gasteiger partial charge in [0.1, 0.15) is 17.7 Å². The van der Waals surface area contributed by atoms with E-state index in [1.54, 1.807) is 24.3 Å². The molecule has 2 aromatic rings. The molecule has 2 atom stereocenters. The summed E-state index contributed by atoms with van der Waals surface area (Å²) in [7, 11) is 0. The summed E-state index contributed by atoms with van der Waals surface area (Å²) >= 11 is 9.31. The van der Waals surface area contributed by atoms with Crippen LogP contribution >= 0.6 is 27.5 Å². The molecule has 0 saturated heterocycles. The van der Waals surface area contributed by atoms with Crippen molar-refractivity contribution in [3.8, 4) is 5.75 Å². The second kappa shape index (κ2) is 5.35. The molecule has 104 valence electrons. The van der Waals surface area contributed by atoms with Crippen LogP contribution in [-0.2, 0) is 0 Å². The Labute approximate surface area is 129 Å². The van der Waals surface area contributed by atoms with Crippen LogP contribution in [0.2, 0.25) is 5.02 Å². The average Bonchev–Trinajstić information content (AvgIpc) is 2.42. The van der Waals surface area contributed by atoms with E-state index in [1.807, 2.05) is 0 Å². The summed E-state index contributed by atoms with van der Waals surface area (Å²) in [5.41, 5.74) is 1.35. The quantitative estimate of drug-likeness (QED) is 0.794. The number of benzene rings is 2. The van der Waals surface area contributed by atoms with Gasteiger partial charge in [-0.3, -0.25) is 0 Å². The zero-order valence-corrected chi connectivity index (χ0v) is 12.7. The summed E-state index contributed by atoms with van der Waals surface area (Å²) in [4.78, 5) is 0. The van der Waals surface area contributed by atoms with E-state index in [2.05, 4.69) is 15.9 Å². The number of fused-ring (bicyclic) bond motifs is 1. The SMILES string of the molecule is OC1CC(c2cc(F)ccc2Br)Oc2ccc(Cl)cc21. The summed E-state index contributed by atoms with van der Waals surface area (Å²) < 4.78 is 20.0. The Hall–Kier alpha value is -1.10. The molecule has 2 unspecified atom stereocenters. The molecule has 0 radical (unpaired) electrons. The number of aliphatic hydroxyl groups is 1. The lowest BCUT2D eigenvalue weighted by molar-refractivity contribution is 0.0653. The Kier molecular flexibility index (Phi) is 3.71. The monoisotopic (exact) mass is 356 g/mol. The second-order valence-electron chi connectivity index (χ2n) is 4.71. The Balaban J connectivity index is 1.99. The van der Waals surface area contributed by atoms with Crippen LogP contribution in [0.3, 0.4) is 0 Å². The number of hydrogen-bond acceptors (Lipinski definition) is 2. The molecule has 2 nitrogen and oxygen atoms in total. The van der Waals surface area contributed by atoms with Gasteiger partial charge in [-0.1, -0.05) is 27.5 Å². The molecule has 0 fully saturated rings. The predicted molar refractivity (Wildman–Crippen MR) is 78.5 cm³/mol. The van der Waals surface area contributed by atoms with E-state index >= 15 is 0 Å². The van der Waals surface area contributed by atoms with E-state index in [9.17, 15) is 9.50 Å². The highest BCUT2D eigenvalue weighted by atomic mass is 79.9. The van der Waals surface area contributed by atoms with Crippen LogP contribution in [0, 0.1) is 5.82 Å². The van der Waals surface area contributed by atoms with Gasteiger partial charge in [0.25, 0.3) is 0 Å². The fraction of sp³-hybridized carbons (Fsp3) is 0.200. The summed E-state index contributed by atoms with van der Waals surface area (Å²) in [5.74, 6) is 0.248. The molecule has 0 saturated carbocycles. The molecular formula is C15H11BrClFO2. The van der Waals surface area contributed by atoms with E-state index < -0.39 is 12.2 Å². The molecule has 0 spiro atoms. The Morgan fingerprint density at radius 3 is 2.80 bits per heavy atom. The first-order chi connectivity index (χ1) is 9.54. The lowest BCUT2D eigenvalue weighted by atomic mass is 9.95. The van der Waals surface area contributed by atoms with Gasteiger partial charge in [-0.25, -0.2) is 4.39 Å². The fourth-order valence-corrected chi connectivity index (χ4v) is 3.05. The van der Waals surface area contributed by atoms with Crippen molar-refractivity contribution in [1.82, 2.24) is 0 Å². The zero-order chi connectivity index (χ0) is 14.3. The van der Waals surface area contributed by atoms with Gasteiger partial charge in [-0.15, -0.1) is 0 Å². The smallest absolute Gasteiger partial charge is 0.128 e. The van der Waals surface area contributed by atoms with Gasteiger partial charge in [-0.05, 0) is 36.4 Å². The van der Waals surface area contributed by atoms with Gasteiger partial charge < -0.3 is 9.84 Å². The molecule has 20 heavy (non-hydrogen) atoms. The summed E-state index contributed by atoms with van der Waals surface area (Å²) in [6.45, 7) is 0. The highest BCUT2D eigenvalue weighted by molar-refractivity contribution is 9.10. The molecule has 0 aromatic heterocycles. The largest absolute Gasteiger partial charge is 0.485 e. The van der Waals surface area contributed by atoms with Crippen LogP contribution in [0.1, 0.15) is 29.8 Å². The lowest BCUT2D eigenvalue weighted by Crippen LogP contribution is -2.19. The van der Waals surface area contributed by atoms with Crippen LogP contribution in [0.15, 0.2) is 40.9 Å². The van der Waals surface area contributed by atoms with Crippen LogP contribution in [0.25, 0.3) is 0 Å². The molecule has 1 heterocycles. The van der Waals surface area contributed by atoms with E-state index in [0.29, 0.717) is 28.3 Å². The van der Waals surface area contributed by atoms with Gasteiger partial charge in [0.15, 0.2) is 0 Å². The van der Waals surface area contributed by atoms with Crippen LogP contribution < -0.4 is 4.74 Å². The predicted octanol–water partition coefficient (Wildman–Crippen LogP) is 4.80. The van der Waals surface area contributed by atoms with Crippen molar-refractivity contribution >= 4 is 27.5 Å². The van der Waals surface area contributed by atoms with Crippen molar-refractivity contribution in [2.75, 3.05) is 0 Å². The molecule has 1 aliphatic heterocycles. The van der Waals surface area contributed by atoms with Crippen molar-refractivity contribution in [2.45, 2.75) is 18.6 Å². The first-order valence-corrected chi connectivity index (χ1v) is 7.31. The minimum atomic E-state index is -0.683. The molecule has 1 aliphatic rings. The standard InChI is InChI=1S/C15H11BrClFO2/c16-12-3-2-9(18)6-10(12)15-7-13(19)11-5-8(17)1-4-14(11)20-15/h1-6,13,15,19H,7H2. The summed E-state index contributed by atoms with van der Waals surface area (Å²) in [6.07, 6.45) is -0.726. The number of rotatable bonds is 1. The van der Waals surface area contributed by atoms with Crippen molar-refractivity contribution in [1.29, 1.82) is 0 Å². The normalized spacial score (nSPS) is 21.2. The third-order valence-electron chi connectivity index (χ3n) is 3.34. The average molecular weight is 358 g/mol. The highest BCUT2D eigenvalue weighted by Gasteiger charge is 2.29. The van der Waals surface area contributed by atoms with Crippen LogP contribution in [-0.4, -0.2) is 5.11 Å². The maximum Gasteiger partial charge on any atom is 0.128 e. The van der Waals surface area contributed by atoms with Crippen LogP contribution in [0.4, 0.5) is 4.39 Å². The van der Waals surface area contributed by atoms with E-state index in [4.69, 9.17) is 16.3 Å². The molecule has 2 aromatic carbocycles. The molecular weight excluding hydrogens is 347 g/mol. The number of ether oxygens (including phenoxy) is 1. The molecule has 1 N–H and O–H groups in total. The van der Waals surface area contributed by atoms with Crippen molar-refractivity contribution in [2.24, 2.45) is 0 Å². The first kappa shape index (κ1) is 13.9. The topological polar surface area (TPSA) is 29.5 Å². The number of aliphatic hydroxyl groups excluding tert-OH is 1. The first-order valence-electron chi connectivity index (χ1n) is 6.13. The molecule has 0 amide bonds. The Morgan fingerprint density at radius 1 is 1.20 bits per heavy atom. The minimum absolute atomic E-state index is 0.330. The van der Waals surface area contributed by atoms with Gasteiger partial charge in [-0.2, -0.15) is 0 Å². The van der Waals surface area contributed by atoms with Crippen molar-refractivity contribution < 1.29 is 14.2 Å². The molecule has 3 rings (SSSR count). The van der Waals surface area contributed by atoms with Gasteiger partial charge in [0.05, 0.1) is 6.10 Å². The van der Waals surface area contributed by atoms with Gasteiger partial charge in [0.2, 0.25) is 0 Å². The van der Waals surface area contributed by atoms with Crippen molar-refractivity contribution in [3.63, 3.8) is 0 Å². The summed E-state index contributed by atoms with van der Waals surface area (Å²) in [5, 5.41) is 10.8. The highest BCUT2D eigenvalue weighted by Crippen LogP contribution is 2.43.